The van der Waals surface area contributed by atoms with Crippen LogP contribution in [-0.4, -0.2) is 86.7 Å². The molecule has 2 rings (SSSR count). The summed E-state index contributed by atoms with van der Waals surface area (Å²) in [6.07, 6.45) is 4.81. The van der Waals surface area contributed by atoms with Crippen molar-refractivity contribution in [1.82, 2.24) is 20.4 Å². The average Bonchev–Trinajstić information content (AvgIpc) is 2.64. The molecule has 0 aromatic rings. The van der Waals surface area contributed by atoms with Crippen molar-refractivity contribution in [2.24, 2.45) is 5.92 Å². The first kappa shape index (κ1) is 21.1. The Morgan fingerprint density at radius 1 is 1.15 bits per heavy atom. The van der Waals surface area contributed by atoms with Gasteiger partial charge in [0.2, 0.25) is 11.8 Å². The number of carbonyl (C=O) groups is 2. The van der Waals surface area contributed by atoms with Gasteiger partial charge in [-0.05, 0) is 25.7 Å². The first-order valence-electron chi connectivity index (χ1n) is 10.0. The Hall–Kier alpha value is -1.18. The lowest BCUT2D eigenvalue weighted by Crippen LogP contribution is -2.56. The second-order valence-electron chi connectivity index (χ2n) is 7.71. The molecule has 0 aromatic carbocycles. The van der Waals surface area contributed by atoms with E-state index in [1.54, 1.807) is 7.11 Å². The maximum Gasteiger partial charge on any atom is 0.237 e. The van der Waals surface area contributed by atoms with Crippen LogP contribution in [-0.2, 0) is 14.3 Å². The standard InChI is InChI=1S/C19H36N4O3/c1-15-6-4-5-7-17(15)21-19(25)16(2)23-11-9-22(10-12-23)14-18(24)20-8-13-26-3/h15-17H,4-14H2,1-3H3,(H,20,24)(H,21,25). The number of nitrogens with zero attached hydrogens (tertiary/aromatic N) is 2. The summed E-state index contributed by atoms with van der Waals surface area (Å²) in [7, 11) is 1.62. The average molecular weight is 369 g/mol. The van der Waals surface area contributed by atoms with Gasteiger partial charge in [-0.3, -0.25) is 19.4 Å². The predicted octanol–water partition coefficient (Wildman–Crippen LogP) is 0.450. The van der Waals surface area contributed by atoms with Crippen molar-refractivity contribution in [1.29, 1.82) is 0 Å². The van der Waals surface area contributed by atoms with Crippen LogP contribution in [0.5, 0.6) is 0 Å². The van der Waals surface area contributed by atoms with E-state index in [4.69, 9.17) is 4.74 Å². The van der Waals surface area contributed by atoms with Crippen LogP contribution in [0, 0.1) is 5.92 Å². The van der Waals surface area contributed by atoms with Gasteiger partial charge >= 0.3 is 0 Å². The topological polar surface area (TPSA) is 73.9 Å². The lowest BCUT2D eigenvalue weighted by atomic mass is 9.86. The Bertz CT molecular complexity index is 452. The Morgan fingerprint density at radius 3 is 2.50 bits per heavy atom. The summed E-state index contributed by atoms with van der Waals surface area (Å²) in [6, 6.07) is 0.220. The smallest absolute Gasteiger partial charge is 0.237 e. The van der Waals surface area contributed by atoms with E-state index in [1.807, 2.05) is 6.92 Å². The highest BCUT2D eigenvalue weighted by Gasteiger charge is 2.29. The summed E-state index contributed by atoms with van der Waals surface area (Å²) in [5.41, 5.74) is 0. The molecule has 1 saturated carbocycles. The zero-order valence-corrected chi connectivity index (χ0v) is 16.6. The molecule has 1 aliphatic carbocycles. The summed E-state index contributed by atoms with van der Waals surface area (Å²) in [4.78, 5) is 28.9. The molecule has 0 bridgehead atoms. The van der Waals surface area contributed by atoms with Gasteiger partial charge in [-0.1, -0.05) is 19.8 Å². The third-order valence-corrected chi connectivity index (χ3v) is 5.77. The molecule has 1 aliphatic heterocycles. The summed E-state index contributed by atoms with van der Waals surface area (Å²) in [5, 5.41) is 6.12. The van der Waals surface area contributed by atoms with Crippen LogP contribution < -0.4 is 10.6 Å². The molecule has 1 saturated heterocycles. The third kappa shape index (κ3) is 6.52. The van der Waals surface area contributed by atoms with E-state index in [-0.39, 0.29) is 17.9 Å². The molecule has 2 amide bonds. The van der Waals surface area contributed by atoms with Crippen molar-refractivity contribution in [3.05, 3.63) is 0 Å². The van der Waals surface area contributed by atoms with E-state index >= 15 is 0 Å². The first-order valence-corrected chi connectivity index (χ1v) is 10.0. The van der Waals surface area contributed by atoms with Gasteiger partial charge in [0.15, 0.2) is 0 Å². The zero-order valence-electron chi connectivity index (χ0n) is 16.6. The fourth-order valence-corrected chi connectivity index (χ4v) is 3.86. The second kappa shape index (κ2) is 10.8. The minimum atomic E-state index is -0.109. The van der Waals surface area contributed by atoms with Crippen molar-refractivity contribution in [2.45, 2.75) is 51.6 Å². The predicted molar refractivity (Wildman–Crippen MR) is 102 cm³/mol. The highest BCUT2D eigenvalue weighted by molar-refractivity contribution is 5.81. The number of hydrogen-bond acceptors (Lipinski definition) is 5. The van der Waals surface area contributed by atoms with Gasteiger partial charge in [0.25, 0.3) is 0 Å². The molecule has 2 aliphatic rings. The molecule has 0 aromatic heterocycles. The van der Waals surface area contributed by atoms with Crippen LogP contribution in [0.1, 0.15) is 39.5 Å². The van der Waals surface area contributed by atoms with Crippen LogP contribution in [0.2, 0.25) is 0 Å². The maximum absolute atomic E-state index is 12.6. The van der Waals surface area contributed by atoms with Gasteiger partial charge in [0, 0.05) is 45.9 Å². The maximum atomic E-state index is 12.6. The molecule has 2 fully saturated rings. The molecule has 150 valence electrons. The molecule has 7 nitrogen and oxygen atoms in total. The second-order valence-corrected chi connectivity index (χ2v) is 7.71. The number of piperazine rings is 1. The van der Waals surface area contributed by atoms with Crippen molar-refractivity contribution in [3.63, 3.8) is 0 Å². The normalized spacial score (nSPS) is 26.3. The zero-order chi connectivity index (χ0) is 18.9. The third-order valence-electron chi connectivity index (χ3n) is 5.77. The Labute approximate surface area is 157 Å². The minimum absolute atomic E-state index is 0.0348. The number of carbonyl (C=O) groups excluding carboxylic acids is 2. The van der Waals surface area contributed by atoms with Crippen LogP contribution in [0.3, 0.4) is 0 Å². The van der Waals surface area contributed by atoms with Gasteiger partial charge in [0.05, 0.1) is 19.2 Å². The summed E-state index contributed by atoms with van der Waals surface area (Å²) in [6.45, 7) is 9.00. The number of hydrogen-bond donors (Lipinski definition) is 2. The fraction of sp³-hybridized carbons (Fsp3) is 0.895. The summed E-state index contributed by atoms with van der Waals surface area (Å²) >= 11 is 0. The van der Waals surface area contributed by atoms with E-state index < -0.39 is 0 Å². The van der Waals surface area contributed by atoms with Gasteiger partial charge in [0.1, 0.15) is 0 Å². The molecular weight excluding hydrogens is 332 g/mol. The van der Waals surface area contributed by atoms with Crippen molar-refractivity contribution in [2.75, 3.05) is 53.0 Å². The van der Waals surface area contributed by atoms with Gasteiger partial charge in [-0.2, -0.15) is 0 Å². The number of methoxy groups -OCH3 is 1. The van der Waals surface area contributed by atoms with Crippen LogP contribution in [0.15, 0.2) is 0 Å². The quantitative estimate of drug-likeness (QED) is 0.609. The monoisotopic (exact) mass is 368 g/mol. The molecule has 26 heavy (non-hydrogen) atoms. The van der Waals surface area contributed by atoms with Gasteiger partial charge in [-0.25, -0.2) is 0 Å². The molecule has 3 atom stereocenters. The minimum Gasteiger partial charge on any atom is -0.383 e. The highest BCUT2D eigenvalue weighted by atomic mass is 16.5. The van der Waals surface area contributed by atoms with E-state index in [2.05, 4.69) is 27.4 Å². The lowest BCUT2D eigenvalue weighted by molar-refractivity contribution is -0.129. The molecule has 1 heterocycles. The van der Waals surface area contributed by atoms with E-state index in [0.29, 0.717) is 31.7 Å². The molecule has 0 spiro atoms. The van der Waals surface area contributed by atoms with E-state index in [1.165, 1.54) is 19.3 Å². The van der Waals surface area contributed by atoms with Crippen LogP contribution in [0.4, 0.5) is 0 Å². The van der Waals surface area contributed by atoms with Crippen LogP contribution >= 0.6 is 0 Å². The Balaban J connectivity index is 1.69. The molecule has 2 N–H and O–H groups in total. The van der Waals surface area contributed by atoms with Gasteiger partial charge in [-0.15, -0.1) is 0 Å². The summed E-state index contributed by atoms with van der Waals surface area (Å²) in [5.74, 6) is 0.760. The largest absolute Gasteiger partial charge is 0.383 e. The van der Waals surface area contributed by atoms with Crippen molar-refractivity contribution in [3.8, 4) is 0 Å². The molecule has 3 unspecified atom stereocenters. The number of ether oxygens (including phenoxy) is 1. The Kier molecular flexibility index (Phi) is 8.81. The number of nitrogens with one attached hydrogen (secondary N) is 2. The SMILES string of the molecule is COCCNC(=O)CN1CCN(C(C)C(=O)NC2CCCCC2C)CC1. The van der Waals surface area contributed by atoms with E-state index in [9.17, 15) is 9.59 Å². The number of amides is 2. The van der Waals surface area contributed by atoms with Crippen molar-refractivity contribution >= 4 is 11.8 Å². The lowest BCUT2D eigenvalue weighted by Gasteiger charge is -2.38. The highest BCUT2D eigenvalue weighted by Crippen LogP contribution is 2.24. The first-order chi connectivity index (χ1) is 12.5. The fourth-order valence-electron chi connectivity index (χ4n) is 3.86. The molecule has 7 heteroatoms. The van der Waals surface area contributed by atoms with E-state index in [0.717, 1.165) is 32.6 Å². The van der Waals surface area contributed by atoms with Crippen molar-refractivity contribution < 1.29 is 14.3 Å². The number of rotatable bonds is 8. The Morgan fingerprint density at radius 2 is 1.85 bits per heavy atom. The molecular formula is C19H36N4O3. The van der Waals surface area contributed by atoms with Gasteiger partial charge < -0.3 is 15.4 Å². The molecule has 0 radical (unpaired) electrons. The summed E-state index contributed by atoms with van der Waals surface area (Å²) < 4.78 is 4.93. The van der Waals surface area contributed by atoms with Crippen LogP contribution in [0.25, 0.3) is 0 Å².